The number of ether oxygens (including phenoxy) is 5. The molecule has 0 aliphatic rings. The minimum atomic E-state index is -0.998. The molecule has 190 valence electrons. The Labute approximate surface area is 204 Å². The summed E-state index contributed by atoms with van der Waals surface area (Å²) >= 11 is 0. The molecular formula is C25H32N2O8. The van der Waals surface area contributed by atoms with Gasteiger partial charge in [-0.15, -0.1) is 0 Å². The van der Waals surface area contributed by atoms with Crippen LogP contribution in [0.1, 0.15) is 45.1 Å². The van der Waals surface area contributed by atoms with Gasteiger partial charge in [0.1, 0.15) is 24.0 Å². The second-order valence-corrected chi connectivity index (χ2v) is 8.07. The third kappa shape index (κ3) is 8.16. The number of esters is 2. The summed E-state index contributed by atoms with van der Waals surface area (Å²) in [5.41, 5.74) is -0.141. The van der Waals surface area contributed by atoms with E-state index >= 15 is 0 Å². The van der Waals surface area contributed by atoms with E-state index in [1.807, 2.05) is 51.1 Å². The molecule has 0 bridgehead atoms. The average Bonchev–Trinajstić information content (AvgIpc) is 2.82. The number of methoxy groups -OCH3 is 1. The summed E-state index contributed by atoms with van der Waals surface area (Å²) in [4.78, 5) is 40.8. The van der Waals surface area contributed by atoms with Crippen molar-refractivity contribution in [2.24, 2.45) is 5.92 Å². The molecule has 0 aliphatic carbocycles. The number of aromatic nitrogens is 1. The Morgan fingerprint density at radius 2 is 1.71 bits per heavy atom. The van der Waals surface area contributed by atoms with Crippen molar-refractivity contribution in [1.29, 1.82) is 0 Å². The van der Waals surface area contributed by atoms with Crippen molar-refractivity contribution < 1.29 is 38.1 Å². The molecule has 10 nitrogen and oxygen atoms in total. The Balaban J connectivity index is 2.08. The largest absolute Gasteiger partial charge is 0.493 e. The number of pyridine rings is 1. The summed E-state index contributed by atoms with van der Waals surface area (Å²) in [5, 5.41) is 2.56. The van der Waals surface area contributed by atoms with Gasteiger partial charge in [0.05, 0.1) is 7.11 Å². The van der Waals surface area contributed by atoms with Gasteiger partial charge in [0.25, 0.3) is 5.91 Å². The van der Waals surface area contributed by atoms with E-state index in [4.69, 9.17) is 23.7 Å². The van der Waals surface area contributed by atoms with Crippen LogP contribution >= 0.6 is 0 Å². The lowest BCUT2D eigenvalue weighted by Gasteiger charge is -2.29. The zero-order valence-electron chi connectivity index (χ0n) is 20.8. The van der Waals surface area contributed by atoms with Crippen LogP contribution in [-0.2, 0) is 19.1 Å². The second kappa shape index (κ2) is 13.2. The van der Waals surface area contributed by atoms with Gasteiger partial charge in [-0.3, -0.25) is 9.59 Å². The van der Waals surface area contributed by atoms with Gasteiger partial charge < -0.3 is 29.0 Å². The zero-order chi connectivity index (χ0) is 26.0. The maximum absolute atomic E-state index is 12.9. The molecule has 0 fully saturated rings. The summed E-state index contributed by atoms with van der Waals surface area (Å²) in [6, 6.07) is 9.72. The summed E-state index contributed by atoms with van der Waals surface area (Å²) < 4.78 is 27.0. The molecule has 0 spiro atoms. The van der Waals surface area contributed by atoms with Crippen LogP contribution in [0.2, 0.25) is 0 Å². The summed E-state index contributed by atoms with van der Waals surface area (Å²) in [7, 11) is 1.39. The molecule has 0 unspecified atom stereocenters. The van der Waals surface area contributed by atoms with Crippen LogP contribution in [0.15, 0.2) is 42.6 Å². The van der Waals surface area contributed by atoms with E-state index in [9.17, 15) is 14.4 Å². The van der Waals surface area contributed by atoms with Crippen LogP contribution in [0, 0.1) is 5.92 Å². The lowest BCUT2D eigenvalue weighted by molar-refractivity contribution is -0.158. The fourth-order valence-electron chi connectivity index (χ4n) is 3.18. The SMILES string of the molecule is COc1ccnc(C(=O)N[C@@H](C)C(=O)O[C@@H](C(C)C)[C@H](C)Oc2ccccc2)c1OCOC(C)=O. The maximum Gasteiger partial charge on any atom is 0.328 e. The fourth-order valence-corrected chi connectivity index (χ4v) is 3.18. The van der Waals surface area contributed by atoms with Crippen molar-refractivity contribution in [3.8, 4) is 17.2 Å². The van der Waals surface area contributed by atoms with Gasteiger partial charge in [0.2, 0.25) is 6.79 Å². The highest BCUT2D eigenvalue weighted by Gasteiger charge is 2.30. The highest BCUT2D eigenvalue weighted by atomic mass is 16.7. The van der Waals surface area contributed by atoms with Crippen molar-refractivity contribution >= 4 is 17.8 Å². The van der Waals surface area contributed by atoms with Crippen molar-refractivity contribution in [1.82, 2.24) is 10.3 Å². The molecule has 2 rings (SSSR count). The van der Waals surface area contributed by atoms with Crippen LogP contribution in [-0.4, -0.2) is 55.0 Å². The Bertz CT molecular complexity index is 996. The van der Waals surface area contributed by atoms with E-state index in [1.165, 1.54) is 33.2 Å². The molecule has 3 atom stereocenters. The Morgan fingerprint density at radius 1 is 1.03 bits per heavy atom. The van der Waals surface area contributed by atoms with Gasteiger partial charge in [-0.25, -0.2) is 9.78 Å². The van der Waals surface area contributed by atoms with E-state index < -0.39 is 42.9 Å². The summed E-state index contributed by atoms with van der Waals surface area (Å²) in [6.07, 6.45) is 0.373. The molecule has 1 heterocycles. The predicted molar refractivity (Wildman–Crippen MR) is 126 cm³/mol. The van der Waals surface area contributed by atoms with E-state index in [-0.39, 0.29) is 23.1 Å². The quantitative estimate of drug-likeness (QED) is 0.355. The average molecular weight is 489 g/mol. The first-order valence-corrected chi connectivity index (χ1v) is 11.2. The third-order valence-corrected chi connectivity index (χ3v) is 4.91. The predicted octanol–water partition coefficient (Wildman–Crippen LogP) is 3.14. The smallest absolute Gasteiger partial charge is 0.328 e. The number of carbonyl (C=O) groups is 3. The first-order valence-electron chi connectivity index (χ1n) is 11.2. The number of nitrogens with one attached hydrogen (secondary N) is 1. The number of benzene rings is 1. The van der Waals surface area contributed by atoms with E-state index in [2.05, 4.69) is 10.3 Å². The Kier molecular flexibility index (Phi) is 10.3. The molecule has 35 heavy (non-hydrogen) atoms. The zero-order valence-corrected chi connectivity index (χ0v) is 20.8. The van der Waals surface area contributed by atoms with E-state index in [0.29, 0.717) is 5.75 Å². The van der Waals surface area contributed by atoms with Crippen molar-refractivity contribution in [2.45, 2.75) is 52.9 Å². The Morgan fingerprint density at radius 3 is 2.31 bits per heavy atom. The molecule has 1 amide bonds. The normalized spacial score (nSPS) is 13.2. The number of hydrogen-bond donors (Lipinski definition) is 1. The third-order valence-electron chi connectivity index (χ3n) is 4.91. The first kappa shape index (κ1) is 27.4. The van der Waals surface area contributed by atoms with E-state index in [1.54, 1.807) is 0 Å². The standard InChI is InChI=1S/C25H32N2O8/c1-15(2)22(17(4)34-19-10-8-7-9-11-19)35-25(30)16(3)27-24(29)21-23(33-14-32-18(5)28)20(31-6)12-13-26-21/h7-13,15-17,22H,14H2,1-6H3,(H,27,29)/t16-,17-,22-/m0/s1. The highest BCUT2D eigenvalue weighted by Crippen LogP contribution is 2.29. The minimum Gasteiger partial charge on any atom is -0.493 e. The van der Waals surface area contributed by atoms with Crippen molar-refractivity contribution in [3.63, 3.8) is 0 Å². The molecule has 1 aromatic heterocycles. The minimum absolute atomic E-state index is 0.0285. The number of rotatable bonds is 12. The van der Waals surface area contributed by atoms with Crippen LogP contribution in [0.4, 0.5) is 0 Å². The van der Waals surface area contributed by atoms with Gasteiger partial charge >= 0.3 is 11.9 Å². The molecule has 1 N–H and O–H groups in total. The molecule has 0 saturated carbocycles. The van der Waals surface area contributed by atoms with Crippen LogP contribution in [0.25, 0.3) is 0 Å². The number of hydrogen-bond acceptors (Lipinski definition) is 9. The van der Waals surface area contributed by atoms with Crippen LogP contribution < -0.4 is 19.5 Å². The second-order valence-electron chi connectivity index (χ2n) is 8.07. The topological polar surface area (TPSA) is 122 Å². The molecular weight excluding hydrogens is 456 g/mol. The van der Waals surface area contributed by atoms with Crippen molar-refractivity contribution in [2.75, 3.05) is 13.9 Å². The van der Waals surface area contributed by atoms with Gasteiger partial charge in [-0.05, 0) is 31.9 Å². The number of para-hydroxylation sites is 1. The summed E-state index contributed by atoms with van der Waals surface area (Å²) in [5.74, 6) is -1.08. The van der Waals surface area contributed by atoms with Gasteiger partial charge in [0.15, 0.2) is 17.2 Å². The lowest BCUT2D eigenvalue weighted by atomic mass is 10.0. The highest BCUT2D eigenvalue weighted by molar-refractivity contribution is 5.98. The lowest BCUT2D eigenvalue weighted by Crippen LogP contribution is -2.45. The molecule has 1 aromatic carbocycles. The van der Waals surface area contributed by atoms with Crippen LogP contribution in [0.5, 0.6) is 17.2 Å². The molecule has 0 radical (unpaired) electrons. The number of carbonyl (C=O) groups excluding carboxylic acids is 3. The molecule has 2 aromatic rings. The maximum atomic E-state index is 12.9. The fraction of sp³-hybridized carbons (Fsp3) is 0.440. The first-order chi connectivity index (χ1) is 16.6. The molecule has 0 aliphatic heterocycles. The number of amides is 1. The van der Waals surface area contributed by atoms with Crippen molar-refractivity contribution in [3.05, 3.63) is 48.3 Å². The van der Waals surface area contributed by atoms with Gasteiger partial charge in [0, 0.05) is 19.2 Å². The van der Waals surface area contributed by atoms with Gasteiger partial charge in [-0.2, -0.15) is 0 Å². The van der Waals surface area contributed by atoms with Crippen LogP contribution in [0.3, 0.4) is 0 Å². The van der Waals surface area contributed by atoms with E-state index in [0.717, 1.165) is 0 Å². The molecule has 10 heteroatoms. The summed E-state index contributed by atoms with van der Waals surface area (Å²) in [6.45, 7) is 7.93. The van der Waals surface area contributed by atoms with Gasteiger partial charge in [-0.1, -0.05) is 32.0 Å². The monoisotopic (exact) mass is 488 g/mol. The number of nitrogens with zero attached hydrogens (tertiary/aromatic N) is 1. The Hall–Kier alpha value is -3.82. The molecule has 0 saturated heterocycles.